The van der Waals surface area contributed by atoms with Gasteiger partial charge in [0.2, 0.25) is 0 Å². The van der Waals surface area contributed by atoms with E-state index in [-0.39, 0.29) is 100 Å². The Morgan fingerprint density at radius 1 is 0.800 bits per heavy atom. The van der Waals surface area contributed by atoms with Crippen molar-refractivity contribution in [3.63, 3.8) is 0 Å². The molecule has 45 heavy (non-hydrogen) atoms. The molecule has 0 bridgehead atoms. The molecule has 0 fully saturated rings. The van der Waals surface area contributed by atoms with Gasteiger partial charge in [0.25, 0.3) is 10.1 Å². The number of ketones is 3. The van der Waals surface area contributed by atoms with E-state index in [2.05, 4.69) is 0 Å². The van der Waals surface area contributed by atoms with Crippen LogP contribution in [0.3, 0.4) is 0 Å². The third kappa shape index (κ3) is 14.7. The minimum Gasteiger partial charge on any atom is -0.744 e. The smallest absolute Gasteiger partial charge is 0.744 e. The molecule has 0 aromatic heterocycles. The van der Waals surface area contributed by atoms with Gasteiger partial charge in [-0.15, -0.1) is 0 Å². The fourth-order valence-electron chi connectivity index (χ4n) is 3.64. The Labute approximate surface area is 293 Å². The number of carbonyl (C=O) groups excluding carboxylic acids is 3. The molecule has 0 aliphatic carbocycles. The first kappa shape index (κ1) is 43.2. The molecule has 2 aromatic rings. The van der Waals surface area contributed by atoms with Crippen molar-refractivity contribution in [2.24, 2.45) is 11.5 Å². The molecule has 0 saturated heterocycles. The Morgan fingerprint density at radius 2 is 1.18 bits per heavy atom. The Kier molecular flexibility index (Phi) is 17.8. The zero-order chi connectivity index (χ0) is 34.2. The van der Waals surface area contributed by atoms with Crippen molar-refractivity contribution in [1.82, 2.24) is 0 Å². The molecular weight excluding hydrogens is 686 g/mol. The van der Waals surface area contributed by atoms with Crippen molar-refractivity contribution in [1.29, 1.82) is 0 Å². The second kappa shape index (κ2) is 18.5. The standard InChI is InChI=1S/C14H18ClNO5S.C13H16ClNO6S.Na/c1-8-10(5-11(18)3-4-14(16)9(2)17)6-12(7-13(8)15)22(19,20)21;1-7-8(4-9(16)2-3-12(15)13(17)18)5-10(6-11(7)14)22(19,20)21;/h6-7,14H,3-5,16H2,1-2H3,(H,19,20,21);5-6,12H,2-4,15H2,1H3,(H,17,18)(H,19,20,21);/q;;+1/p-1/t14-;12-;/m00./s1. The van der Waals surface area contributed by atoms with Crippen LogP contribution in [0.25, 0.3) is 0 Å². The van der Waals surface area contributed by atoms with E-state index in [9.17, 15) is 40.6 Å². The largest absolute Gasteiger partial charge is 1.00 e. The van der Waals surface area contributed by atoms with Gasteiger partial charge in [-0.25, -0.2) is 8.42 Å². The van der Waals surface area contributed by atoms with Crippen LogP contribution in [0.15, 0.2) is 34.1 Å². The van der Waals surface area contributed by atoms with Gasteiger partial charge in [0, 0.05) is 35.7 Å². The number of aliphatic carboxylic acids is 1. The van der Waals surface area contributed by atoms with Gasteiger partial charge in [-0.1, -0.05) is 23.2 Å². The zero-order valence-corrected chi connectivity index (χ0v) is 30.1. The molecule has 2 atom stereocenters. The topological polar surface area (TPSA) is 252 Å². The average molecular weight is 720 g/mol. The molecule has 0 saturated carbocycles. The number of carboxylic acid groups (broad SMARTS) is 1. The Balaban J connectivity index is 0.000000842. The van der Waals surface area contributed by atoms with E-state index in [1.54, 1.807) is 13.8 Å². The number of nitrogens with two attached hydrogens (primary N) is 2. The molecule has 244 valence electrons. The maximum atomic E-state index is 11.9. The predicted molar refractivity (Wildman–Crippen MR) is 160 cm³/mol. The van der Waals surface area contributed by atoms with E-state index in [1.807, 2.05) is 0 Å². The Bertz CT molecular complexity index is 1530. The van der Waals surface area contributed by atoms with Crippen molar-refractivity contribution in [3.8, 4) is 0 Å². The number of benzene rings is 2. The van der Waals surface area contributed by atoms with E-state index in [4.69, 9.17) is 44.3 Å². The molecule has 0 radical (unpaired) electrons. The molecule has 13 nitrogen and oxygen atoms in total. The van der Waals surface area contributed by atoms with Crippen LogP contribution < -0.4 is 41.0 Å². The molecule has 0 heterocycles. The van der Waals surface area contributed by atoms with Crippen LogP contribution in [-0.2, 0) is 52.3 Å². The molecule has 2 aromatic carbocycles. The fourth-order valence-corrected chi connectivity index (χ4v) is 5.35. The summed E-state index contributed by atoms with van der Waals surface area (Å²) in [6.45, 7) is 4.60. The van der Waals surface area contributed by atoms with Crippen LogP contribution in [-0.4, -0.2) is 66.5 Å². The van der Waals surface area contributed by atoms with E-state index >= 15 is 0 Å². The van der Waals surface area contributed by atoms with Crippen LogP contribution in [0.4, 0.5) is 0 Å². The summed E-state index contributed by atoms with van der Waals surface area (Å²) in [5.41, 5.74) is 12.7. The number of halogens is 2. The van der Waals surface area contributed by atoms with Gasteiger partial charge >= 0.3 is 35.5 Å². The van der Waals surface area contributed by atoms with Crippen LogP contribution in [0.2, 0.25) is 10.0 Å². The van der Waals surface area contributed by atoms with Gasteiger partial charge < -0.3 is 21.1 Å². The van der Waals surface area contributed by atoms with Crippen LogP contribution in [0, 0.1) is 13.8 Å². The molecule has 6 N–H and O–H groups in total. The van der Waals surface area contributed by atoms with Crippen LogP contribution >= 0.6 is 23.2 Å². The Morgan fingerprint density at radius 3 is 1.53 bits per heavy atom. The first-order valence-electron chi connectivity index (χ1n) is 12.8. The minimum atomic E-state index is -4.68. The van der Waals surface area contributed by atoms with Crippen molar-refractivity contribution in [2.45, 2.75) is 81.2 Å². The van der Waals surface area contributed by atoms with Gasteiger partial charge in [0.1, 0.15) is 33.5 Å². The summed E-state index contributed by atoms with van der Waals surface area (Å²) in [6, 6.07) is 2.68. The number of hydrogen-bond donors (Lipinski definition) is 4. The van der Waals surface area contributed by atoms with Crippen molar-refractivity contribution in [3.05, 3.63) is 56.6 Å². The van der Waals surface area contributed by atoms with Gasteiger partial charge in [0.05, 0.1) is 15.8 Å². The zero-order valence-electron chi connectivity index (χ0n) is 25.0. The predicted octanol–water partition coefficient (Wildman–Crippen LogP) is -0.437. The maximum absolute atomic E-state index is 11.9. The molecule has 0 aliphatic heterocycles. The summed E-state index contributed by atoms with van der Waals surface area (Å²) in [4.78, 5) is 44.5. The number of Topliss-reactive ketones (excluding diaryl/α,β-unsaturated/α-hetero) is 3. The maximum Gasteiger partial charge on any atom is 1.00 e. The summed E-state index contributed by atoms with van der Waals surface area (Å²) >= 11 is 11.8. The summed E-state index contributed by atoms with van der Waals surface area (Å²) in [5, 5.41) is 8.86. The SMILES string of the molecule is CC(=O)[C@@H](N)CCC(=O)Cc1cc(S(=O)(=O)O)cc(Cl)c1C.Cc1c(Cl)cc(S(=O)(=O)[O-])cc1CC(=O)CC[C@H](N)C(=O)O.[Na+]. The van der Waals surface area contributed by atoms with E-state index in [1.165, 1.54) is 13.0 Å². The molecule has 2 rings (SSSR count). The summed E-state index contributed by atoms with van der Waals surface area (Å²) < 4.78 is 64.6. The summed E-state index contributed by atoms with van der Waals surface area (Å²) in [5.74, 6) is -1.91. The fraction of sp³-hybridized carbons (Fsp3) is 0.407. The Hall–Kier alpha value is -1.76. The van der Waals surface area contributed by atoms with Crippen molar-refractivity contribution >= 4 is 66.8 Å². The van der Waals surface area contributed by atoms with Crippen molar-refractivity contribution in [2.75, 3.05) is 0 Å². The number of carbonyl (C=O) groups is 4. The van der Waals surface area contributed by atoms with E-state index in [0.29, 0.717) is 22.3 Å². The molecule has 0 amide bonds. The minimum absolute atomic E-state index is 0. The number of rotatable bonds is 14. The summed E-state index contributed by atoms with van der Waals surface area (Å²) in [6.07, 6.45) is 0.0486. The van der Waals surface area contributed by atoms with Gasteiger partial charge in [-0.3, -0.25) is 23.7 Å². The number of hydrogen-bond acceptors (Lipinski definition) is 11. The molecule has 0 aliphatic rings. The monoisotopic (exact) mass is 718 g/mol. The van der Waals surface area contributed by atoms with E-state index < -0.39 is 43.2 Å². The second-order valence-corrected chi connectivity index (χ2v) is 13.6. The summed E-state index contributed by atoms with van der Waals surface area (Å²) in [7, 11) is -9.08. The van der Waals surface area contributed by atoms with Crippen LogP contribution in [0.1, 0.15) is 54.9 Å². The average Bonchev–Trinajstić information content (AvgIpc) is 2.89. The number of carboxylic acids is 1. The molecule has 0 spiro atoms. The third-order valence-electron chi connectivity index (χ3n) is 6.52. The van der Waals surface area contributed by atoms with Gasteiger partial charge in [0.15, 0.2) is 0 Å². The molecule has 18 heteroatoms. The quantitative estimate of drug-likeness (QED) is 0.143. The second-order valence-electron chi connectivity index (χ2n) is 9.98. The van der Waals surface area contributed by atoms with Crippen LogP contribution in [0.5, 0.6) is 0 Å². The first-order valence-corrected chi connectivity index (χ1v) is 16.4. The first-order chi connectivity index (χ1) is 20.0. The normalized spacial score (nSPS) is 12.6. The molecular formula is C27H33Cl2N2NaO11S2. The van der Waals surface area contributed by atoms with Gasteiger partial charge in [-0.05, 0) is 80.1 Å². The third-order valence-corrected chi connectivity index (χ3v) is 8.95. The van der Waals surface area contributed by atoms with Crippen molar-refractivity contribution < 1.29 is 79.8 Å². The van der Waals surface area contributed by atoms with Gasteiger partial charge in [-0.2, -0.15) is 8.42 Å². The molecule has 0 unspecified atom stereocenters. The van der Waals surface area contributed by atoms with E-state index in [0.717, 1.165) is 18.2 Å².